The van der Waals surface area contributed by atoms with E-state index >= 15 is 0 Å². The number of benzene rings is 6. The molecule has 0 spiro atoms. The van der Waals surface area contributed by atoms with E-state index in [1.165, 1.54) is 44.6 Å². The number of aryl methyl sites for hydroxylation is 1. The van der Waals surface area contributed by atoms with Gasteiger partial charge in [0.15, 0.2) is 11.0 Å². The minimum atomic E-state index is -0.773. The molecule has 0 amide bonds. The van der Waals surface area contributed by atoms with Gasteiger partial charge in [-0.1, -0.05) is 30.3 Å². The minimum Gasteiger partial charge on any atom is -0.506 e. The van der Waals surface area contributed by atoms with Gasteiger partial charge in [-0.15, -0.1) is 0 Å². The van der Waals surface area contributed by atoms with E-state index in [9.17, 15) is 34.5 Å². The lowest BCUT2D eigenvalue weighted by Gasteiger charge is -2.14. The molecule has 4 aromatic heterocycles. The van der Waals surface area contributed by atoms with E-state index in [4.69, 9.17) is 27.1 Å². The fraction of sp³-hybridized carbons (Fsp3) is 0.0769. The molecule has 256 valence electrons. The molecule has 0 radical (unpaired) electrons. The molecule has 13 heteroatoms. The molecule has 10 aromatic rings. The van der Waals surface area contributed by atoms with Crippen molar-refractivity contribution in [2.45, 2.75) is 6.92 Å². The van der Waals surface area contributed by atoms with Crippen molar-refractivity contribution in [1.29, 1.82) is 0 Å². The van der Waals surface area contributed by atoms with Gasteiger partial charge < -0.3 is 42.5 Å². The number of methoxy groups -OCH3 is 2. The molecule has 0 aliphatic heterocycles. The van der Waals surface area contributed by atoms with Gasteiger partial charge in [-0.2, -0.15) is 0 Å². The molecule has 0 bridgehead atoms. The first-order valence-electron chi connectivity index (χ1n) is 15.7. The Labute approximate surface area is 286 Å². The summed E-state index contributed by atoms with van der Waals surface area (Å²) < 4.78 is 32.4. The highest BCUT2D eigenvalue weighted by atomic mass is 16.5. The van der Waals surface area contributed by atoms with Gasteiger partial charge in [0, 0.05) is 37.7 Å². The van der Waals surface area contributed by atoms with E-state index < -0.39 is 28.3 Å². The van der Waals surface area contributed by atoms with E-state index in [2.05, 4.69) is 0 Å². The Balaban J connectivity index is 0.000000138. The molecule has 10 rings (SSSR count). The Bertz CT molecular complexity index is 3380. The maximum Gasteiger partial charge on any atom is 0.348 e. The van der Waals surface area contributed by atoms with Gasteiger partial charge >= 0.3 is 16.9 Å². The highest BCUT2D eigenvalue weighted by Crippen LogP contribution is 2.47. The smallest absolute Gasteiger partial charge is 0.348 e. The third-order valence-electron chi connectivity index (χ3n) is 9.51. The third-order valence-corrected chi connectivity index (χ3v) is 9.51. The maximum atomic E-state index is 12.7. The van der Waals surface area contributed by atoms with Crippen molar-refractivity contribution in [2.75, 3.05) is 14.2 Å². The number of phenolic OH excluding ortho intramolecular Hbond substituents is 2. The van der Waals surface area contributed by atoms with Crippen LogP contribution in [0.5, 0.6) is 28.9 Å². The van der Waals surface area contributed by atoms with Crippen LogP contribution in [0.4, 0.5) is 0 Å². The third kappa shape index (κ3) is 3.86. The van der Waals surface area contributed by atoms with E-state index in [1.54, 1.807) is 24.3 Å². The van der Waals surface area contributed by atoms with E-state index in [0.717, 1.165) is 5.56 Å². The van der Waals surface area contributed by atoms with Gasteiger partial charge in [0.25, 0.3) is 5.95 Å². The van der Waals surface area contributed by atoms with Gasteiger partial charge in [-0.3, -0.25) is 4.79 Å². The summed E-state index contributed by atoms with van der Waals surface area (Å²) in [6.07, 6.45) is 0. The van der Waals surface area contributed by atoms with Gasteiger partial charge in [-0.25, -0.2) is 14.4 Å². The van der Waals surface area contributed by atoms with Crippen LogP contribution in [0.2, 0.25) is 0 Å². The van der Waals surface area contributed by atoms with Crippen molar-refractivity contribution < 1.29 is 42.5 Å². The van der Waals surface area contributed by atoms with Crippen molar-refractivity contribution in [3.05, 3.63) is 108 Å². The van der Waals surface area contributed by atoms with Crippen LogP contribution >= 0.6 is 0 Å². The fourth-order valence-electron chi connectivity index (χ4n) is 7.33. The maximum absolute atomic E-state index is 12.7. The Kier molecular flexibility index (Phi) is 6.27. The summed E-state index contributed by atoms with van der Waals surface area (Å²) in [6.45, 7) is 1.85. The molecule has 0 unspecified atom stereocenters. The molecule has 0 saturated heterocycles. The number of fused-ring (bicyclic) bond motifs is 4. The standard InChI is InChI=1S/C20H12O6.C19H10O7/c1-8-4-3-5-9-12(8)18-15-13-11(25-20(23)16(15)17(9)21)7-6-10(24-2)14(13)19(22)26-18;1-24-9-5-6-10-12-13(9)18(22)26-17-11-7(3-2-4-8(11)20)16(21)15(14(12)17)19(23)25-10/h3-7,21H,1-2H3;2-6,21-22H,1H3. The fourth-order valence-corrected chi connectivity index (χ4v) is 7.33. The Hall–Kier alpha value is -7.28. The average Bonchev–Trinajstić information content (AvgIpc) is 3.13. The summed E-state index contributed by atoms with van der Waals surface area (Å²) in [4.78, 5) is 50.2. The summed E-state index contributed by atoms with van der Waals surface area (Å²) in [7, 11) is 2.86. The predicted octanol–water partition coefficient (Wildman–Crippen LogP) is 6.73. The predicted molar refractivity (Wildman–Crippen MR) is 192 cm³/mol. The zero-order valence-corrected chi connectivity index (χ0v) is 27.2. The average molecular weight is 699 g/mol. The first-order chi connectivity index (χ1) is 25.0. The van der Waals surface area contributed by atoms with Crippen LogP contribution in [0.15, 0.2) is 97.5 Å². The second-order valence-electron chi connectivity index (χ2n) is 12.1. The zero-order valence-electron chi connectivity index (χ0n) is 27.2. The number of hydrogen-bond donors (Lipinski definition) is 3. The first-order valence-corrected chi connectivity index (χ1v) is 15.7. The summed E-state index contributed by atoms with van der Waals surface area (Å²) in [5, 5.41) is 34.7. The topological polar surface area (TPSA) is 200 Å². The van der Waals surface area contributed by atoms with Crippen molar-refractivity contribution in [1.82, 2.24) is 0 Å². The molecular formula is C39H22O13. The molecule has 13 nitrogen and oxygen atoms in total. The molecule has 0 aliphatic rings. The van der Waals surface area contributed by atoms with E-state index in [-0.39, 0.29) is 71.5 Å². The lowest BCUT2D eigenvalue weighted by molar-refractivity contribution is 0.344. The highest BCUT2D eigenvalue weighted by Gasteiger charge is 2.27. The molecule has 0 atom stereocenters. The van der Waals surface area contributed by atoms with Crippen LogP contribution in [-0.2, 0) is 0 Å². The summed E-state index contributed by atoms with van der Waals surface area (Å²) >= 11 is 0. The van der Waals surface area contributed by atoms with Crippen LogP contribution < -0.4 is 31.8 Å². The molecular weight excluding hydrogens is 676 g/mol. The first kappa shape index (κ1) is 30.8. The van der Waals surface area contributed by atoms with Crippen LogP contribution in [0.25, 0.3) is 87.0 Å². The second kappa shape index (κ2) is 10.6. The largest absolute Gasteiger partial charge is 0.506 e. The van der Waals surface area contributed by atoms with E-state index in [0.29, 0.717) is 38.4 Å². The Morgan fingerprint density at radius 2 is 0.981 bits per heavy atom. The molecule has 0 saturated carbocycles. The normalized spacial score (nSPS) is 11.9. The van der Waals surface area contributed by atoms with Gasteiger partial charge in [0.2, 0.25) is 0 Å². The molecule has 0 fully saturated rings. The summed E-state index contributed by atoms with van der Waals surface area (Å²) in [5.74, 6) is -0.431. The number of hydrogen-bond acceptors (Lipinski definition) is 13. The molecule has 0 aliphatic carbocycles. The minimum absolute atomic E-state index is 0.00685. The van der Waals surface area contributed by atoms with Crippen molar-refractivity contribution >= 4 is 87.0 Å². The SMILES string of the molecule is COc1ccc2oc(=O)c3c(O)c4cccc(=O)c4c4oc(O)c1c2c34.COc1ccc2oc(=O)c3c(O)c4cccc(C)c4c4oc(=O)c1c2c34. The number of rotatable bonds is 2. The van der Waals surface area contributed by atoms with Crippen molar-refractivity contribution in [3.8, 4) is 28.9 Å². The monoisotopic (exact) mass is 698 g/mol. The highest BCUT2D eigenvalue weighted by molar-refractivity contribution is 6.30. The van der Waals surface area contributed by atoms with Crippen LogP contribution in [-0.4, -0.2) is 29.5 Å². The quantitative estimate of drug-likeness (QED) is 0.0976. The lowest BCUT2D eigenvalue weighted by Crippen LogP contribution is -2.08. The Morgan fingerprint density at radius 3 is 1.58 bits per heavy atom. The number of aromatic hydroxyl groups is 3. The van der Waals surface area contributed by atoms with Crippen LogP contribution in [0.1, 0.15) is 5.56 Å². The molecule has 52 heavy (non-hydrogen) atoms. The van der Waals surface area contributed by atoms with Crippen LogP contribution in [0.3, 0.4) is 0 Å². The number of phenols is 2. The van der Waals surface area contributed by atoms with Crippen molar-refractivity contribution in [2.24, 2.45) is 0 Å². The molecule has 4 heterocycles. The van der Waals surface area contributed by atoms with Crippen LogP contribution in [0, 0.1) is 6.92 Å². The number of ether oxygens (including phenoxy) is 2. The Morgan fingerprint density at radius 1 is 0.481 bits per heavy atom. The molecule has 3 N–H and O–H groups in total. The van der Waals surface area contributed by atoms with Gasteiger partial charge in [-0.05, 0) is 42.8 Å². The zero-order chi connectivity index (χ0) is 36.3. The summed E-state index contributed by atoms with van der Waals surface area (Å²) in [5.41, 5.74) is -0.964. The lowest BCUT2D eigenvalue weighted by atomic mass is 9.95. The van der Waals surface area contributed by atoms with Crippen molar-refractivity contribution in [3.63, 3.8) is 0 Å². The summed E-state index contributed by atoms with van der Waals surface area (Å²) in [6, 6.07) is 15.7. The second-order valence-corrected chi connectivity index (χ2v) is 12.1. The van der Waals surface area contributed by atoms with Gasteiger partial charge in [0.1, 0.15) is 61.3 Å². The molecule has 6 aromatic carbocycles. The van der Waals surface area contributed by atoms with E-state index in [1.807, 2.05) is 13.0 Å². The van der Waals surface area contributed by atoms with Gasteiger partial charge in [0.05, 0.1) is 19.6 Å².